The fourth-order valence-electron chi connectivity index (χ4n) is 1.17. The van der Waals surface area contributed by atoms with Crippen LogP contribution in [0.1, 0.15) is 16.2 Å². The maximum Gasteiger partial charge on any atom is 0.297 e. The minimum atomic E-state index is -0.575. The van der Waals surface area contributed by atoms with Gasteiger partial charge in [0.2, 0.25) is 11.5 Å². The molecule has 0 aliphatic carbocycles. The zero-order valence-corrected chi connectivity index (χ0v) is 8.99. The van der Waals surface area contributed by atoms with E-state index in [1.54, 1.807) is 0 Å². The topological polar surface area (TPSA) is 111 Å². The molecule has 88 valence electrons. The maximum absolute atomic E-state index is 11.5. The van der Waals surface area contributed by atoms with Crippen LogP contribution in [0.2, 0.25) is 0 Å². The molecule has 17 heavy (non-hydrogen) atoms. The number of nitrogen functional groups attached to an aromatic ring is 1. The Morgan fingerprint density at radius 2 is 2.47 bits per heavy atom. The Labute approximate surface area is 96.1 Å². The third-order valence-corrected chi connectivity index (χ3v) is 2.08. The first-order valence-electron chi connectivity index (χ1n) is 4.71. The molecule has 0 bridgehead atoms. The van der Waals surface area contributed by atoms with Crippen LogP contribution in [0.15, 0.2) is 28.1 Å². The highest BCUT2D eigenvalue weighted by Crippen LogP contribution is 2.02. The molecular formula is C9H10N6O2. The van der Waals surface area contributed by atoms with E-state index in [1.807, 2.05) is 29.9 Å². The molecule has 0 radical (unpaired) electrons. The first-order chi connectivity index (χ1) is 8.18. The minimum absolute atomic E-state index is 0.0726. The van der Waals surface area contributed by atoms with E-state index in [2.05, 4.69) is 25.5 Å². The van der Waals surface area contributed by atoms with Crippen molar-refractivity contribution < 1.29 is 9.42 Å². The number of nitrogens with two attached hydrogens (primary N) is 1. The molecule has 8 heteroatoms. The van der Waals surface area contributed by atoms with Gasteiger partial charge in [0.15, 0.2) is 0 Å². The molecule has 0 saturated heterocycles. The Morgan fingerprint density at radius 3 is 3.06 bits per heavy atom. The van der Waals surface area contributed by atoms with Gasteiger partial charge in [0.1, 0.15) is 0 Å². The van der Waals surface area contributed by atoms with E-state index in [9.17, 15) is 4.79 Å². The van der Waals surface area contributed by atoms with Gasteiger partial charge < -0.3 is 10.3 Å². The van der Waals surface area contributed by atoms with Crippen LogP contribution in [-0.2, 0) is 7.05 Å². The number of anilines is 1. The summed E-state index contributed by atoms with van der Waals surface area (Å²) < 4.78 is 6.14. The average molecular weight is 234 g/mol. The largest absolute Gasteiger partial charge is 0.379 e. The summed E-state index contributed by atoms with van der Waals surface area (Å²) in [5.74, 6) is -0.647. The van der Waals surface area contributed by atoms with Crippen molar-refractivity contribution in [3.8, 4) is 0 Å². The van der Waals surface area contributed by atoms with E-state index in [0.29, 0.717) is 0 Å². The number of rotatable bonds is 3. The fraction of sp³-hybridized carbons (Fsp3) is 0.111. The molecule has 0 fully saturated rings. The van der Waals surface area contributed by atoms with Crippen molar-refractivity contribution in [3.63, 3.8) is 0 Å². The Bertz CT molecular complexity index is 555. The monoisotopic (exact) mass is 234 g/mol. The molecule has 2 heterocycles. The van der Waals surface area contributed by atoms with Crippen molar-refractivity contribution in [2.75, 3.05) is 5.73 Å². The van der Waals surface area contributed by atoms with Crippen LogP contribution in [0.5, 0.6) is 0 Å². The van der Waals surface area contributed by atoms with Gasteiger partial charge in [0, 0.05) is 13.2 Å². The van der Waals surface area contributed by atoms with E-state index < -0.39 is 5.91 Å². The van der Waals surface area contributed by atoms with Gasteiger partial charge in [0.05, 0.1) is 11.9 Å². The normalized spacial score (nSPS) is 10.9. The third kappa shape index (κ3) is 2.30. The van der Waals surface area contributed by atoms with Crippen molar-refractivity contribution in [3.05, 3.63) is 29.7 Å². The molecule has 0 atom stereocenters. The molecular weight excluding hydrogens is 224 g/mol. The second-order valence-corrected chi connectivity index (χ2v) is 3.24. The van der Waals surface area contributed by atoms with Crippen molar-refractivity contribution >= 4 is 17.9 Å². The average Bonchev–Trinajstić information content (AvgIpc) is 2.88. The SMILES string of the molecule is Cn1cccc1C=NNC(=O)c1nonc1N. The van der Waals surface area contributed by atoms with Gasteiger partial charge in [-0.3, -0.25) is 4.79 Å². The summed E-state index contributed by atoms with van der Waals surface area (Å²) in [5, 5.41) is 10.4. The van der Waals surface area contributed by atoms with Gasteiger partial charge in [0.25, 0.3) is 5.91 Å². The summed E-state index contributed by atoms with van der Waals surface area (Å²) in [6, 6.07) is 3.71. The number of hydrogen-bond acceptors (Lipinski definition) is 6. The highest BCUT2D eigenvalue weighted by atomic mass is 16.6. The quantitative estimate of drug-likeness (QED) is 0.562. The summed E-state index contributed by atoms with van der Waals surface area (Å²) >= 11 is 0. The van der Waals surface area contributed by atoms with Crippen LogP contribution < -0.4 is 11.2 Å². The zero-order chi connectivity index (χ0) is 12.3. The number of hydrogen-bond donors (Lipinski definition) is 2. The molecule has 2 aromatic heterocycles. The highest BCUT2D eigenvalue weighted by molar-refractivity contribution is 5.96. The second kappa shape index (κ2) is 4.47. The summed E-state index contributed by atoms with van der Waals surface area (Å²) in [6.07, 6.45) is 3.37. The van der Waals surface area contributed by atoms with Crippen LogP contribution in [0.4, 0.5) is 5.82 Å². The van der Waals surface area contributed by atoms with Crippen molar-refractivity contribution in [2.24, 2.45) is 12.1 Å². The van der Waals surface area contributed by atoms with Gasteiger partial charge in [-0.1, -0.05) is 0 Å². The molecule has 0 aliphatic rings. The number of nitrogens with zero attached hydrogens (tertiary/aromatic N) is 4. The summed E-state index contributed by atoms with van der Waals surface area (Å²) in [4.78, 5) is 11.5. The van der Waals surface area contributed by atoms with Gasteiger partial charge in [-0.25, -0.2) is 10.1 Å². The van der Waals surface area contributed by atoms with Crippen molar-refractivity contribution in [1.82, 2.24) is 20.3 Å². The van der Waals surface area contributed by atoms with Crippen LogP contribution in [-0.4, -0.2) is 27.0 Å². The molecule has 0 saturated carbocycles. The predicted octanol–water partition coefficient (Wildman–Crippen LogP) is -0.246. The Balaban J connectivity index is 2.00. The smallest absolute Gasteiger partial charge is 0.297 e. The van der Waals surface area contributed by atoms with E-state index in [1.165, 1.54) is 6.21 Å². The second-order valence-electron chi connectivity index (χ2n) is 3.24. The molecule has 1 amide bonds. The zero-order valence-electron chi connectivity index (χ0n) is 8.99. The molecule has 8 nitrogen and oxygen atoms in total. The van der Waals surface area contributed by atoms with Crippen LogP contribution in [0.25, 0.3) is 0 Å². The summed E-state index contributed by atoms with van der Waals surface area (Å²) in [7, 11) is 1.86. The predicted molar refractivity (Wildman–Crippen MR) is 59.2 cm³/mol. The minimum Gasteiger partial charge on any atom is -0.379 e. The molecule has 0 spiro atoms. The lowest BCUT2D eigenvalue weighted by Gasteiger charge is -1.96. The van der Waals surface area contributed by atoms with Crippen LogP contribution >= 0.6 is 0 Å². The molecule has 2 rings (SSSR count). The third-order valence-electron chi connectivity index (χ3n) is 2.08. The Kier molecular flexibility index (Phi) is 2.86. The number of aromatic nitrogens is 3. The van der Waals surface area contributed by atoms with Gasteiger partial charge >= 0.3 is 0 Å². The highest BCUT2D eigenvalue weighted by Gasteiger charge is 2.14. The van der Waals surface area contributed by atoms with Gasteiger partial charge in [-0.05, 0) is 22.4 Å². The first kappa shape index (κ1) is 10.9. The lowest BCUT2D eigenvalue weighted by Crippen LogP contribution is -2.19. The van der Waals surface area contributed by atoms with E-state index in [-0.39, 0.29) is 11.5 Å². The molecule has 0 aromatic carbocycles. The molecule has 0 aliphatic heterocycles. The number of carbonyl (C=O) groups excluding carboxylic acids is 1. The molecule has 3 N–H and O–H groups in total. The lowest BCUT2D eigenvalue weighted by molar-refractivity contribution is 0.0946. The number of carbonyl (C=O) groups is 1. The summed E-state index contributed by atoms with van der Waals surface area (Å²) in [6.45, 7) is 0. The van der Waals surface area contributed by atoms with Crippen LogP contribution in [0.3, 0.4) is 0 Å². The number of nitrogens with one attached hydrogen (secondary N) is 1. The van der Waals surface area contributed by atoms with E-state index in [4.69, 9.17) is 5.73 Å². The Hall–Kier alpha value is -2.64. The van der Waals surface area contributed by atoms with Gasteiger partial charge in [-0.2, -0.15) is 5.10 Å². The summed E-state index contributed by atoms with van der Waals surface area (Å²) in [5.41, 5.74) is 8.37. The number of aryl methyl sites for hydroxylation is 1. The first-order valence-corrected chi connectivity index (χ1v) is 4.71. The van der Waals surface area contributed by atoms with Gasteiger partial charge in [-0.15, -0.1) is 0 Å². The van der Waals surface area contributed by atoms with E-state index >= 15 is 0 Å². The van der Waals surface area contributed by atoms with Crippen molar-refractivity contribution in [1.29, 1.82) is 0 Å². The Morgan fingerprint density at radius 1 is 1.65 bits per heavy atom. The van der Waals surface area contributed by atoms with E-state index in [0.717, 1.165) is 5.69 Å². The molecule has 2 aromatic rings. The van der Waals surface area contributed by atoms with Crippen LogP contribution in [0, 0.1) is 0 Å². The van der Waals surface area contributed by atoms with Crippen molar-refractivity contribution in [2.45, 2.75) is 0 Å². The lowest BCUT2D eigenvalue weighted by atomic mass is 10.4. The molecule has 0 unspecified atom stereocenters. The maximum atomic E-state index is 11.5. The standard InChI is InChI=1S/C9H10N6O2/c1-15-4-2-3-6(15)5-11-12-9(16)7-8(10)14-17-13-7/h2-5H,1H3,(H2,10,14)(H,12,16). The fourth-order valence-corrected chi connectivity index (χ4v) is 1.17. The number of amides is 1. The number of hydrazone groups is 1.